The molecule has 120 valence electrons. The molecule has 0 aromatic heterocycles. The Bertz CT molecular complexity index is 348. The molecule has 2 saturated heterocycles. The van der Waals surface area contributed by atoms with Gasteiger partial charge >= 0.3 is 0 Å². The van der Waals surface area contributed by atoms with Gasteiger partial charge in [-0.05, 0) is 38.9 Å². The molecule has 1 atom stereocenters. The van der Waals surface area contributed by atoms with Crippen LogP contribution in [0.15, 0.2) is 0 Å². The molecule has 6 heteroatoms. The van der Waals surface area contributed by atoms with Crippen LogP contribution >= 0.6 is 0 Å². The second-order valence-electron chi connectivity index (χ2n) is 6.18. The number of carbonyl (C=O) groups is 2. The third-order valence-electron chi connectivity index (χ3n) is 4.46. The van der Waals surface area contributed by atoms with Gasteiger partial charge in [0.2, 0.25) is 11.8 Å². The van der Waals surface area contributed by atoms with Crippen LogP contribution in [-0.4, -0.2) is 74.5 Å². The molecule has 2 amide bonds. The van der Waals surface area contributed by atoms with Crippen molar-refractivity contribution >= 4 is 11.8 Å². The molecular weight excluding hydrogens is 268 g/mol. The molecule has 0 aliphatic carbocycles. The highest BCUT2D eigenvalue weighted by Gasteiger charge is 2.19. The van der Waals surface area contributed by atoms with E-state index in [0.717, 1.165) is 45.7 Å². The van der Waals surface area contributed by atoms with E-state index >= 15 is 0 Å². The molecule has 6 nitrogen and oxygen atoms in total. The van der Waals surface area contributed by atoms with Crippen molar-refractivity contribution < 1.29 is 9.59 Å². The van der Waals surface area contributed by atoms with Crippen molar-refractivity contribution in [2.24, 2.45) is 5.92 Å². The Labute approximate surface area is 127 Å². The average Bonchev–Trinajstić information content (AvgIpc) is 2.99. The Morgan fingerprint density at radius 3 is 2.62 bits per heavy atom. The van der Waals surface area contributed by atoms with E-state index in [4.69, 9.17) is 0 Å². The Kier molecular flexibility index (Phi) is 6.45. The van der Waals surface area contributed by atoms with Crippen molar-refractivity contribution in [3.63, 3.8) is 0 Å². The van der Waals surface area contributed by atoms with E-state index in [1.54, 1.807) is 0 Å². The van der Waals surface area contributed by atoms with E-state index in [1.165, 1.54) is 6.42 Å². The third-order valence-corrected chi connectivity index (χ3v) is 4.46. The average molecular weight is 296 g/mol. The lowest BCUT2D eigenvalue weighted by Crippen LogP contribution is -2.47. The maximum absolute atomic E-state index is 12.0. The number of hydrogen-bond acceptors (Lipinski definition) is 4. The minimum absolute atomic E-state index is 0.0769. The van der Waals surface area contributed by atoms with Crippen molar-refractivity contribution in [1.29, 1.82) is 0 Å². The minimum Gasteiger partial charge on any atom is -0.356 e. The molecule has 21 heavy (non-hydrogen) atoms. The summed E-state index contributed by atoms with van der Waals surface area (Å²) < 4.78 is 0. The first-order valence-corrected chi connectivity index (χ1v) is 8.09. The third kappa shape index (κ3) is 5.63. The van der Waals surface area contributed by atoms with Crippen LogP contribution in [0.25, 0.3) is 0 Å². The predicted octanol–water partition coefficient (Wildman–Crippen LogP) is -0.344. The lowest BCUT2D eigenvalue weighted by atomic mass is 10.0. The fourth-order valence-electron chi connectivity index (χ4n) is 2.91. The number of likely N-dealkylation sites (N-methyl/N-ethyl adjacent to an activating group) is 1. The smallest absolute Gasteiger partial charge is 0.224 e. The Balaban J connectivity index is 1.53. The summed E-state index contributed by atoms with van der Waals surface area (Å²) in [4.78, 5) is 27.9. The molecule has 0 saturated carbocycles. The van der Waals surface area contributed by atoms with Gasteiger partial charge in [0.1, 0.15) is 0 Å². The van der Waals surface area contributed by atoms with E-state index in [1.807, 2.05) is 4.90 Å². The topological polar surface area (TPSA) is 64.7 Å². The number of carbonyl (C=O) groups excluding carboxylic acids is 2. The van der Waals surface area contributed by atoms with Crippen molar-refractivity contribution in [1.82, 2.24) is 20.4 Å². The first kappa shape index (κ1) is 16.2. The molecule has 0 radical (unpaired) electrons. The molecular formula is C15H28N4O2. The fourth-order valence-corrected chi connectivity index (χ4v) is 2.91. The summed E-state index contributed by atoms with van der Waals surface area (Å²) >= 11 is 0. The summed E-state index contributed by atoms with van der Waals surface area (Å²) in [6.07, 6.45) is 3.12. The largest absolute Gasteiger partial charge is 0.356 e. The highest BCUT2D eigenvalue weighted by Crippen LogP contribution is 2.13. The van der Waals surface area contributed by atoms with Gasteiger partial charge in [0, 0.05) is 45.6 Å². The van der Waals surface area contributed by atoms with Crippen LogP contribution in [0.3, 0.4) is 0 Å². The predicted molar refractivity (Wildman–Crippen MR) is 81.9 cm³/mol. The lowest BCUT2D eigenvalue weighted by Gasteiger charge is -2.32. The van der Waals surface area contributed by atoms with Gasteiger partial charge in [-0.15, -0.1) is 0 Å². The van der Waals surface area contributed by atoms with E-state index in [9.17, 15) is 9.59 Å². The number of amides is 2. The first-order chi connectivity index (χ1) is 10.1. The molecule has 0 aromatic rings. The van der Waals surface area contributed by atoms with Crippen LogP contribution in [0.5, 0.6) is 0 Å². The van der Waals surface area contributed by atoms with Crippen molar-refractivity contribution in [3.05, 3.63) is 0 Å². The Morgan fingerprint density at radius 1 is 1.19 bits per heavy atom. The monoisotopic (exact) mass is 296 g/mol. The zero-order valence-electron chi connectivity index (χ0n) is 13.1. The Morgan fingerprint density at radius 2 is 1.95 bits per heavy atom. The maximum Gasteiger partial charge on any atom is 0.224 e. The molecule has 2 N–H and O–H groups in total. The standard InChI is InChI=1S/C15H28N4O2/c1-18-8-10-19(11-9-18)15(21)5-7-17-14(20)3-2-13-4-6-16-12-13/h13,16H,2-12H2,1H3,(H,17,20). The molecule has 0 spiro atoms. The molecule has 2 aliphatic heterocycles. The van der Waals surface area contributed by atoms with Crippen molar-refractivity contribution in [3.8, 4) is 0 Å². The van der Waals surface area contributed by atoms with Crippen LogP contribution in [0.2, 0.25) is 0 Å². The van der Waals surface area contributed by atoms with E-state index in [-0.39, 0.29) is 11.8 Å². The lowest BCUT2D eigenvalue weighted by molar-refractivity contribution is -0.132. The normalized spacial score (nSPS) is 23.3. The van der Waals surface area contributed by atoms with Crippen LogP contribution in [-0.2, 0) is 9.59 Å². The van der Waals surface area contributed by atoms with Crippen LogP contribution in [0, 0.1) is 5.92 Å². The number of hydrogen-bond donors (Lipinski definition) is 2. The molecule has 0 bridgehead atoms. The first-order valence-electron chi connectivity index (χ1n) is 8.09. The highest BCUT2D eigenvalue weighted by molar-refractivity contribution is 5.79. The van der Waals surface area contributed by atoms with Gasteiger partial charge < -0.3 is 20.4 Å². The van der Waals surface area contributed by atoms with Gasteiger partial charge in [-0.25, -0.2) is 0 Å². The number of nitrogens with one attached hydrogen (secondary N) is 2. The molecule has 2 heterocycles. The van der Waals surface area contributed by atoms with Gasteiger partial charge in [-0.2, -0.15) is 0 Å². The van der Waals surface area contributed by atoms with Gasteiger partial charge in [0.15, 0.2) is 0 Å². The van der Waals surface area contributed by atoms with Crippen LogP contribution < -0.4 is 10.6 Å². The van der Waals surface area contributed by atoms with Gasteiger partial charge in [0.25, 0.3) is 0 Å². The molecule has 2 aliphatic rings. The summed E-state index contributed by atoms with van der Waals surface area (Å²) in [6.45, 7) is 6.06. The van der Waals surface area contributed by atoms with Gasteiger partial charge in [-0.3, -0.25) is 9.59 Å². The summed E-state index contributed by atoms with van der Waals surface area (Å²) in [5, 5.41) is 6.18. The van der Waals surface area contributed by atoms with Crippen molar-refractivity contribution in [2.75, 3.05) is 52.9 Å². The van der Waals surface area contributed by atoms with Crippen LogP contribution in [0.4, 0.5) is 0 Å². The fraction of sp³-hybridized carbons (Fsp3) is 0.867. The highest BCUT2D eigenvalue weighted by atomic mass is 16.2. The van der Waals surface area contributed by atoms with Crippen molar-refractivity contribution in [2.45, 2.75) is 25.7 Å². The quantitative estimate of drug-likeness (QED) is 0.704. The summed E-state index contributed by atoms with van der Waals surface area (Å²) in [6, 6.07) is 0. The number of piperazine rings is 1. The van der Waals surface area contributed by atoms with Gasteiger partial charge in [-0.1, -0.05) is 0 Å². The number of rotatable bonds is 6. The summed E-state index contributed by atoms with van der Waals surface area (Å²) in [5.41, 5.74) is 0. The second-order valence-corrected chi connectivity index (χ2v) is 6.18. The summed E-state index contributed by atoms with van der Waals surface area (Å²) in [5.74, 6) is 0.874. The second kappa shape index (κ2) is 8.34. The molecule has 2 rings (SSSR count). The molecule has 1 unspecified atom stereocenters. The minimum atomic E-state index is 0.0769. The van der Waals surface area contributed by atoms with Crippen LogP contribution in [0.1, 0.15) is 25.7 Å². The molecule has 0 aromatic carbocycles. The van der Waals surface area contributed by atoms with E-state index in [0.29, 0.717) is 25.3 Å². The summed E-state index contributed by atoms with van der Waals surface area (Å²) in [7, 11) is 2.07. The number of nitrogens with zero attached hydrogens (tertiary/aromatic N) is 2. The maximum atomic E-state index is 12.0. The SMILES string of the molecule is CN1CCN(C(=O)CCNC(=O)CCC2CCNC2)CC1. The van der Waals surface area contributed by atoms with E-state index < -0.39 is 0 Å². The van der Waals surface area contributed by atoms with E-state index in [2.05, 4.69) is 22.6 Å². The zero-order chi connectivity index (χ0) is 15.1. The Hall–Kier alpha value is -1.14. The zero-order valence-corrected chi connectivity index (χ0v) is 13.1. The molecule has 2 fully saturated rings. The van der Waals surface area contributed by atoms with Gasteiger partial charge in [0.05, 0.1) is 0 Å².